The molecule has 0 bridgehead atoms. The van der Waals surface area contributed by atoms with Crippen molar-refractivity contribution in [2.45, 2.75) is 12.8 Å². The smallest absolute Gasteiger partial charge is 0.00266 e. The summed E-state index contributed by atoms with van der Waals surface area (Å²) in [6.07, 6.45) is 7.15. The van der Waals surface area contributed by atoms with Gasteiger partial charge in [0.1, 0.15) is 0 Å². The van der Waals surface area contributed by atoms with Crippen LogP contribution in [-0.2, 0) is 0 Å². The van der Waals surface area contributed by atoms with Gasteiger partial charge in [0, 0.05) is 0 Å². The zero-order valence-corrected chi connectivity index (χ0v) is 9.03. The Labute approximate surface area is 94.9 Å². The molecule has 2 aromatic rings. The van der Waals surface area contributed by atoms with Crippen LogP contribution in [0.15, 0.2) is 48.6 Å². The molecule has 16 heavy (non-hydrogen) atoms. The number of rotatable bonds is 0. The van der Waals surface area contributed by atoms with E-state index >= 15 is 0 Å². The predicted molar refractivity (Wildman–Crippen MR) is 69.1 cm³/mol. The summed E-state index contributed by atoms with van der Waals surface area (Å²) in [5.41, 5.74) is 5.77. The third kappa shape index (κ3) is 0.898. The number of hydrogen-bond acceptors (Lipinski definition) is 0. The van der Waals surface area contributed by atoms with Crippen LogP contribution in [-0.4, -0.2) is 0 Å². The normalized spacial score (nSPS) is 17.0. The number of fused-ring (bicyclic) bond motifs is 3. The predicted octanol–water partition coefficient (Wildman–Crippen LogP) is 4.41. The van der Waals surface area contributed by atoms with E-state index < -0.39 is 0 Å². The second kappa shape index (κ2) is 2.85. The minimum atomic E-state index is 1.18. The molecule has 2 aromatic carbocycles. The molecule has 0 N–H and O–H groups in total. The summed E-state index contributed by atoms with van der Waals surface area (Å²) in [5, 5.41) is 2.82. The van der Waals surface area contributed by atoms with Crippen LogP contribution in [0.25, 0.3) is 21.9 Å². The molecule has 0 heterocycles. The van der Waals surface area contributed by atoms with Crippen molar-refractivity contribution in [1.82, 2.24) is 0 Å². The lowest BCUT2D eigenvalue weighted by molar-refractivity contribution is 1.05. The molecule has 0 unspecified atom stereocenters. The Hall–Kier alpha value is -1.82. The molecule has 0 spiro atoms. The maximum atomic E-state index is 2.39. The van der Waals surface area contributed by atoms with Crippen LogP contribution < -0.4 is 0 Å². The van der Waals surface area contributed by atoms with Crippen molar-refractivity contribution >= 4 is 21.9 Å². The first kappa shape index (κ1) is 8.35. The largest absolute Gasteiger partial charge is 0.0757 e. The maximum Gasteiger partial charge on any atom is -0.00266 e. The van der Waals surface area contributed by atoms with E-state index in [0.717, 1.165) is 0 Å². The Kier molecular flexibility index (Phi) is 1.49. The Morgan fingerprint density at radius 2 is 1.25 bits per heavy atom. The summed E-state index contributed by atoms with van der Waals surface area (Å²) in [6, 6.07) is 13.3. The van der Waals surface area contributed by atoms with Gasteiger partial charge in [-0.05, 0) is 45.9 Å². The minimum absolute atomic E-state index is 1.18. The fourth-order valence-corrected chi connectivity index (χ4v) is 2.98. The van der Waals surface area contributed by atoms with Gasteiger partial charge in [0.25, 0.3) is 0 Å². The maximum absolute atomic E-state index is 2.39. The minimum Gasteiger partial charge on any atom is -0.0757 e. The topological polar surface area (TPSA) is 0 Å². The molecule has 0 saturated heterocycles. The van der Waals surface area contributed by atoms with Gasteiger partial charge in [-0.25, -0.2) is 0 Å². The van der Waals surface area contributed by atoms with Crippen LogP contribution in [0.3, 0.4) is 0 Å². The molecule has 2 aliphatic carbocycles. The van der Waals surface area contributed by atoms with Crippen molar-refractivity contribution < 1.29 is 0 Å². The van der Waals surface area contributed by atoms with Gasteiger partial charge in [0.2, 0.25) is 0 Å². The summed E-state index contributed by atoms with van der Waals surface area (Å²) in [7, 11) is 0. The third-order valence-electron chi connectivity index (χ3n) is 3.64. The van der Waals surface area contributed by atoms with Crippen molar-refractivity contribution in [3.8, 4) is 0 Å². The van der Waals surface area contributed by atoms with E-state index in [0.29, 0.717) is 0 Å². The van der Waals surface area contributed by atoms with Crippen LogP contribution in [0.1, 0.15) is 24.0 Å². The van der Waals surface area contributed by atoms with Gasteiger partial charge >= 0.3 is 0 Å². The first-order valence-corrected chi connectivity index (χ1v) is 5.88. The van der Waals surface area contributed by atoms with Gasteiger partial charge in [-0.1, -0.05) is 48.6 Å². The van der Waals surface area contributed by atoms with E-state index in [-0.39, 0.29) is 0 Å². The van der Waals surface area contributed by atoms with Crippen molar-refractivity contribution in [1.29, 1.82) is 0 Å². The van der Waals surface area contributed by atoms with Gasteiger partial charge in [0.15, 0.2) is 0 Å². The van der Waals surface area contributed by atoms with Gasteiger partial charge in [0.05, 0.1) is 0 Å². The summed E-state index contributed by atoms with van der Waals surface area (Å²) < 4.78 is 0. The Bertz CT molecular complexity index is 602. The van der Waals surface area contributed by atoms with Crippen LogP contribution in [0.2, 0.25) is 0 Å². The lowest BCUT2D eigenvalue weighted by Gasteiger charge is -2.08. The van der Waals surface area contributed by atoms with Gasteiger partial charge in [-0.15, -0.1) is 0 Å². The lowest BCUT2D eigenvalue weighted by Crippen LogP contribution is -1.86. The summed E-state index contributed by atoms with van der Waals surface area (Å²) in [5.74, 6) is 0. The van der Waals surface area contributed by atoms with Crippen molar-refractivity contribution in [2.75, 3.05) is 0 Å². The molecular weight excluding hydrogens is 192 g/mol. The van der Waals surface area contributed by atoms with Crippen LogP contribution in [0.4, 0.5) is 0 Å². The average molecular weight is 204 g/mol. The highest BCUT2D eigenvalue weighted by molar-refractivity contribution is 6.22. The summed E-state index contributed by atoms with van der Waals surface area (Å²) in [6.45, 7) is 0. The molecule has 0 aromatic heterocycles. The zero-order chi connectivity index (χ0) is 10.5. The molecule has 0 atom stereocenters. The van der Waals surface area contributed by atoms with Crippen LogP contribution in [0.5, 0.6) is 0 Å². The quantitative estimate of drug-likeness (QED) is 0.596. The third-order valence-corrected chi connectivity index (χ3v) is 3.64. The van der Waals surface area contributed by atoms with Crippen molar-refractivity contribution in [3.63, 3.8) is 0 Å². The number of benzene rings is 2. The Morgan fingerprint density at radius 3 is 1.81 bits per heavy atom. The molecule has 0 nitrogen and oxygen atoms in total. The molecule has 0 radical (unpaired) electrons. The molecule has 76 valence electrons. The second-order valence-electron chi connectivity index (χ2n) is 4.52. The van der Waals surface area contributed by atoms with E-state index in [4.69, 9.17) is 0 Å². The van der Waals surface area contributed by atoms with Crippen molar-refractivity contribution in [3.05, 3.63) is 59.7 Å². The van der Waals surface area contributed by atoms with E-state index in [1.807, 2.05) is 0 Å². The van der Waals surface area contributed by atoms with Gasteiger partial charge in [-0.2, -0.15) is 0 Å². The van der Waals surface area contributed by atoms with E-state index in [1.165, 1.54) is 45.9 Å². The molecule has 0 amide bonds. The molecule has 0 aliphatic heterocycles. The van der Waals surface area contributed by atoms with Crippen LogP contribution in [0, 0.1) is 0 Å². The lowest BCUT2D eigenvalue weighted by atomic mass is 9.96. The molecule has 2 aliphatic rings. The van der Waals surface area contributed by atoms with E-state index in [1.54, 1.807) is 0 Å². The van der Waals surface area contributed by atoms with E-state index in [2.05, 4.69) is 48.6 Å². The number of allylic oxidation sites excluding steroid dienone is 4. The fraction of sp³-hybridized carbons (Fsp3) is 0.125. The number of hydrogen-bond donors (Lipinski definition) is 0. The average Bonchev–Trinajstić information content (AvgIpc) is 2.68. The molecule has 0 saturated carbocycles. The standard InChI is InChI=1S/C16H12/c1-2-8-13-12(7-1)14-9-3-5-11-6-4-10-15(13)16(11)14/h3-10H,1-2H2. The van der Waals surface area contributed by atoms with Crippen LogP contribution >= 0.6 is 0 Å². The summed E-state index contributed by atoms with van der Waals surface area (Å²) in [4.78, 5) is 0. The first-order valence-electron chi connectivity index (χ1n) is 5.88. The van der Waals surface area contributed by atoms with Crippen molar-refractivity contribution in [2.24, 2.45) is 0 Å². The second-order valence-corrected chi connectivity index (χ2v) is 4.52. The molecule has 0 fully saturated rings. The SMILES string of the molecule is C1=C2C(=CCC1)c1cccc3cccc2c13. The molecule has 0 heteroatoms. The monoisotopic (exact) mass is 204 g/mol. The molecular formula is C16H12. The highest BCUT2D eigenvalue weighted by Gasteiger charge is 2.24. The van der Waals surface area contributed by atoms with Gasteiger partial charge in [-0.3, -0.25) is 0 Å². The molecule has 4 rings (SSSR count). The fourth-order valence-electron chi connectivity index (χ4n) is 2.98. The summed E-state index contributed by atoms with van der Waals surface area (Å²) >= 11 is 0. The first-order chi connectivity index (χ1) is 7.95. The van der Waals surface area contributed by atoms with Gasteiger partial charge < -0.3 is 0 Å². The van der Waals surface area contributed by atoms with E-state index in [9.17, 15) is 0 Å². The Balaban J connectivity index is 2.24. The Morgan fingerprint density at radius 1 is 0.688 bits per heavy atom. The highest BCUT2D eigenvalue weighted by atomic mass is 14.3. The highest BCUT2D eigenvalue weighted by Crippen LogP contribution is 2.47. The zero-order valence-electron chi connectivity index (χ0n) is 9.03.